The van der Waals surface area contributed by atoms with Crippen LogP contribution >= 0.6 is 0 Å². The first-order valence-corrected chi connectivity index (χ1v) is 3.94. The van der Waals surface area contributed by atoms with Crippen molar-refractivity contribution >= 4 is 17.0 Å². The van der Waals surface area contributed by atoms with Gasteiger partial charge in [0.15, 0.2) is 11.5 Å². The molecule has 14 heavy (non-hydrogen) atoms. The molecule has 0 atom stereocenters. The Balaban J connectivity index is 0.000000213. The number of H-pyrrole nitrogens is 1. The number of nitrogens with one attached hydrogen (secondary N) is 1. The van der Waals surface area contributed by atoms with Crippen molar-refractivity contribution < 1.29 is 5.11 Å². The second kappa shape index (κ2) is 4.80. The smallest absolute Gasteiger partial charge is 0.162 e. The highest BCUT2D eigenvalue weighted by atomic mass is 16.2. The summed E-state index contributed by atoms with van der Waals surface area (Å²) in [4.78, 5) is 14.4. The minimum Gasteiger partial charge on any atom is -0.516 e. The minimum absolute atomic E-state index is 0.409. The fraction of sp³-hybridized carbons (Fsp3) is 0.125. The molecule has 6 heteroatoms. The molecule has 2 aromatic heterocycles. The molecular formula is C8H11N5O. The topological polar surface area (TPSA) is 101 Å². The van der Waals surface area contributed by atoms with Crippen molar-refractivity contribution in [3.8, 4) is 0 Å². The van der Waals surface area contributed by atoms with Gasteiger partial charge in [0.1, 0.15) is 11.8 Å². The molecule has 0 bridgehead atoms. The molecule has 0 fully saturated rings. The van der Waals surface area contributed by atoms with E-state index in [1.54, 1.807) is 13.0 Å². The molecule has 4 N–H and O–H groups in total. The van der Waals surface area contributed by atoms with Gasteiger partial charge in [0.25, 0.3) is 0 Å². The number of nitrogens with zero attached hydrogens (tertiary/aromatic N) is 3. The van der Waals surface area contributed by atoms with Gasteiger partial charge < -0.3 is 15.8 Å². The molecule has 0 aliphatic heterocycles. The van der Waals surface area contributed by atoms with Crippen molar-refractivity contribution in [2.45, 2.75) is 6.92 Å². The normalized spacial score (nSPS) is 10.1. The average Bonchev–Trinajstić information content (AvgIpc) is 2.68. The van der Waals surface area contributed by atoms with Crippen molar-refractivity contribution in [2.24, 2.45) is 0 Å². The van der Waals surface area contributed by atoms with Crippen LogP contribution in [0, 0.1) is 0 Å². The zero-order valence-electron chi connectivity index (χ0n) is 7.68. The van der Waals surface area contributed by atoms with Crippen LogP contribution in [0.4, 0.5) is 5.82 Å². The maximum atomic E-state index is 7.69. The molecule has 0 aliphatic rings. The van der Waals surface area contributed by atoms with Gasteiger partial charge in [-0.3, -0.25) is 0 Å². The molecule has 74 valence electrons. The fourth-order valence-corrected chi connectivity index (χ4v) is 0.783. The van der Waals surface area contributed by atoms with Gasteiger partial charge in [0, 0.05) is 0 Å². The van der Waals surface area contributed by atoms with Crippen molar-refractivity contribution in [3.05, 3.63) is 25.0 Å². The Morgan fingerprint density at radius 1 is 1.43 bits per heavy atom. The molecule has 0 aromatic carbocycles. The number of aromatic nitrogens is 4. The Kier molecular flexibility index (Phi) is 3.42. The van der Waals surface area contributed by atoms with Crippen molar-refractivity contribution in [3.63, 3.8) is 0 Å². The molecule has 2 heterocycles. The van der Waals surface area contributed by atoms with Gasteiger partial charge in [-0.1, -0.05) is 6.08 Å². The van der Waals surface area contributed by atoms with Gasteiger partial charge in [0.2, 0.25) is 0 Å². The zero-order chi connectivity index (χ0) is 10.4. The minimum atomic E-state index is 0.409. The van der Waals surface area contributed by atoms with Crippen LogP contribution in [0.2, 0.25) is 0 Å². The molecule has 0 saturated heterocycles. The molecule has 0 unspecified atom stereocenters. The van der Waals surface area contributed by atoms with E-state index in [1.807, 2.05) is 0 Å². The quantitative estimate of drug-likeness (QED) is 0.542. The van der Waals surface area contributed by atoms with Crippen molar-refractivity contribution in [2.75, 3.05) is 5.73 Å². The van der Waals surface area contributed by atoms with Gasteiger partial charge >= 0.3 is 0 Å². The first-order chi connectivity index (χ1) is 6.79. The molecule has 2 aromatic rings. The fourth-order valence-electron chi connectivity index (χ4n) is 0.783. The number of aromatic amines is 1. The maximum Gasteiger partial charge on any atom is 0.162 e. The Bertz CT molecular complexity index is 418. The van der Waals surface area contributed by atoms with Crippen molar-refractivity contribution in [1.82, 2.24) is 19.9 Å². The van der Waals surface area contributed by atoms with E-state index >= 15 is 0 Å². The van der Waals surface area contributed by atoms with E-state index in [4.69, 9.17) is 10.8 Å². The second-order valence-electron chi connectivity index (χ2n) is 2.34. The summed E-state index contributed by atoms with van der Waals surface area (Å²) < 4.78 is 0. The summed E-state index contributed by atoms with van der Waals surface area (Å²) in [7, 11) is 0. The molecule has 2 rings (SSSR count). The number of aliphatic hydroxyl groups is 1. The number of imidazole rings is 1. The summed E-state index contributed by atoms with van der Waals surface area (Å²) in [5.74, 6) is 0.409. The Morgan fingerprint density at radius 3 is 2.71 bits per heavy atom. The highest BCUT2D eigenvalue weighted by Gasteiger charge is 1.99. The number of anilines is 1. The summed E-state index contributed by atoms with van der Waals surface area (Å²) in [5.41, 5.74) is 6.77. The zero-order valence-corrected chi connectivity index (χ0v) is 7.68. The van der Waals surface area contributed by atoms with E-state index in [1.165, 1.54) is 12.7 Å². The standard InChI is InChI=1S/C5H5N5.C3H6O/c6-4-3-5(9-1-7-3)10-2-8-4;1-2-3-4/h1-2H,(H3,6,7,8,9,10);2-4H,1H3. The number of nitrogens with two attached hydrogens (primary N) is 1. The summed E-state index contributed by atoms with van der Waals surface area (Å²) in [5, 5.41) is 7.69. The SMILES string of the molecule is CC=CO.Nc1ncnc2[nH]cnc12. The van der Waals surface area contributed by atoms with E-state index < -0.39 is 0 Å². The Labute approximate surface area is 80.5 Å². The van der Waals surface area contributed by atoms with Crippen LogP contribution in [0.25, 0.3) is 11.2 Å². The number of allylic oxidation sites excluding steroid dienone is 1. The summed E-state index contributed by atoms with van der Waals surface area (Å²) >= 11 is 0. The summed E-state index contributed by atoms with van der Waals surface area (Å²) in [6, 6.07) is 0. The molecule has 0 radical (unpaired) electrons. The molecule has 6 nitrogen and oxygen atoms in total. The predicted molar refractivity (Wildman–Crippen MR) is 53.5 cm³/mol. The van der Waals surface area contributed by atoms with E-state index in [-0.39, 0.29) is 0 Å². The van der Waals surface area contributed by atoms with Gasteiger partial charge in [-0.05, 0) is 6.92 Å². The monoisotopic (exact) mass is 193 g/mol. The average molecular weight is 193 g/mol. The lowest BCUT2D eigenvalue weighted by Crippen LogP contribution is -1.91. The largest absolute Gasteiger partial charge is 0.516 e. The number of rotatable bonds is 0. The third kappa shape index (κ3) is 2.19. The number of hydrogen-bond donors (Lipinski definition) is 3. The van der Waals surface area contributed by atoms with E-state index in [0.29, 0.717) is 17.0 Å². The highest BCUT2D eigenvalue weighted by Crippen LogP contribution is 2.09. The van der Waals surface area contributed by atoms with Gasteiger partial charge in [0.05, 0.1) is 12.6 Å². The Morgan fingerprint density at radius 2 is 2.14 bits per heavy atom. The van der Waals surface area contributed by atoms with E-state index in [0.717, 1.165) is 6.26 Å². The van der Waals surface area contributed by atoms with Crippen LogP contribution in [-0.2, 0) is 0 Å². The van der Waals surface area contributed by atoms with Crippen LogP contribution in [0.1, 0.15) is 6.92 Å². The summed E-state index contributed by atoms with van der Waals surface area (Å²) in [6.45, 7) is 1.75. The molecule has 0 saturated carbocycles. The van der Waals surface area contributed by atoms with Gasteiger partial charge in [-0.15, -0.1) is 0 Å². The molecule has 0 amide bonds. The maximum absolute atomic E-state index is 7.69. The van der Waals surface area contributed by atoms with Crippen LogP contribution in [0.3, 0.4) is 0 Å². The highest BCUT2D eigenvalue weighted by molar-refractivity contribution is 5.80. The second-order valence-corrected chi connectivity index (χ2v) is 2.34. The van der Waals surface area contributed by atoms with Crippen LogP contribution < -0.4 is 5.73 Å². The molecular weight excluding hydrogens is 182 g/mol. The lowest BCUT2D eigenvalue weighted by molar-refractivity contribution is 0.472. The van der Waals surface area contributed by atoms with Crippen LogP contribution in [-0.4, -0.2) is 25.0 Å². The first kappa shape index (κ1) is 9.97. The number of nitrogen functional groups attached to an aromatic ring is 1. The Hall–Kier alpha value is -2.11. The lowest BCUT2D eigenvalue weighted by Gasteiger charge is -1.88. The first-order valence-electron chi connectivity index (χ1n) is 3.94. The predicted octanol–water partition coefficient (Wildman–Crippen LogP) is 1.01. The van der Waals surface area contributed by atoms with Gasteiger partial charge in [-0.25, -0.2) is 15.0 Å². The van der Waals surface area contributed by atoms with Gasteiger partial charge in [-0.2, -0.15) is 0 Å². The third-order valence-electron chi connectivity index (χ3n) is 1.39. The third-order valence-corrected chi connectivity index (χ3v) is 1.39. The number of fused-ring (bicyclic) bond motifs is 1. The number of aliphatic hydroxyl groups excluding tert-OH is 1. The summed E-state index contributed by atoms with van der Waals surface area (Å²) in [6.07, 6.45) is 5.49. The van der Waals surface area contributed by atoms with Crippen molar-refractivity contribution in [1.29, 1.82) is 0 Å². The van der Waals surface area contributed by atoms with Crippen LogP contribution in [0.5, 0.6) is 0 Å². The van der Waals surface area contributed by atoms with E-state index in [2.05, 4.69) is 19.9 Å². The molecule has 0 aliphatic carbocycles. The lowest BCUT2D eigenvalue weighted by atomic mass is 10.5. The molecule has 0 spiro atoms. The number of hydrogen-bond acceptors (Lipinski definition) is 5. The van der Waals surface area contributed by atoms with E-state index in [9.17, 15) is 0 Å². The van der Waals surface area contributed by atoms with Crippen LogP contribution in [0.15, 0.2) is 25.0 Å².